The summed E-state index contributed by atoms with van der Waals surface area (Å²) in [5.74, 6) is 0. The van der Waals surface area contributed by atoms with Crippen LogP contribution in [0.1, 0.15) is 11.1 Å². The summed E-state index contributed by atoms with van der Waals surface area (Å²) < 4.78 is 76.3. The third kappa shape index (κ3) is 2.84. The van der Waals surface area contributed by atoms with Crippen LogP contribution in [0.4, 0.5) is 32.0 Å². The van der Waals surface area contributed by atoms with Gasteiger partial charge in [0, 0.05) is 21.7 Å². The molecule has 0 amide bonds. The van der Waals surface area contributed by atoms with Gasteiger partial charge in [0.1, 0.15) is 0 Å². The fourth-order valence-electron chi connectivity index (χ4n) is 1.70. The van der Waals surface area contributed by atoms with Crippen molar-refractivity contribution in [3.05, 3.63) is 37.8 Å². The lowest BCUT2D eigenvalue weighted by molar-refractivity contribution is -0.387. The summed E-state index contributed by atoms with van der Waals surface area (Å²) in [6.45, 7) is 0.697. The van der Waals surface area contributed by atoms with Gasteiger partial charge in [-0.2, -0.15) is 26.3 Å². The lowest BCUT2D eigenvalue weighted by atomic mass is 9.88. The average molecular weight is 382 g/mol. The molecule has 0 radical (unpaired) electrons. The van der Waals surface area contributed by atoms with Gasteiger partial charge in [0.2, 0.25) is 0 Å². The number of nitro benzene ring substituents is 1. The van der Waals surface area contributed by atoms with Crippen LogP contribution in [0.25, 0.3) is 0 Å². The molecule has 0 heterocycles. The minimum absolute atomic E-state index is 0.351. The molecule has 0 bridgehead atoms. The molecule has 0 atom stereocenters. The monoisotopic (exact) mass is 381 g/mol. The van der Waals surface area contributed by atoms with Gasteiger partial charge >= 0.3 is 12.4 Å². The number of alkyl halides is 6. The number of rotatable bonds is 2. The minimum Gasteiger partial charge on any atom is -0.369 e. The average Bonchev–Trinajstić information content (AvgIpc) is 2.27. The van der Waals surface area contributed by atoms with Crippen LogP contribution in [0.2, 0.25) is 0 Å². The molecule has 0 saturated carbocycles. The van der Waals surface area contributed by atoms with Crippen molar-refractivity contribution in [2.45, 2.75) is 24.9 Å². The molecule has 0 aromatic heterocycles. The third-order valence-corrected chi connectivity index (χ3v) is 3.21. The van der Waals surface area contributed by atoms with Crippen LogP contribution in [0, 0.1) is 17.0 Å². The van der Waals surface area contributed by atoms with E-state index >= 15 is 0 Å². The summed E-state index contributed by atoms with van der Waals surface area (Å²) in [5, 5.41) is 20.0. The quantitative estimate of drug-likeness (QED) is 0.478. The smallest absolute Gasteiger partial charge is 0.369 e. The van der Waals surface area contributed by atoms with Crippen LogP contribution in [-0.2, 0) is 5.60 Å². The molecule has 1 aromatic carbocycles. The molecule has 4 nitrogen and oxygen atoms in total. The molecule has 0 fully saturated rings. The van der Waals surface area contributed by atoms with Crippen molar-refractivity contribution in [2.24, 2.45) is 0 Å². The predicted molar refractivity (Wildman–Crippen MR) is 61.5 cm³/mol. The Bertz CT molecular complexity index is 569. The number of halogens is 7. The first kappa shape index (κ1) is 17.7. The van der Waals surface area contributed by atoms with Crippen molar-refractivity contribution in [1.29, 1.82) is 0 Å². The Labute approximate surface area is 121 Å². The molecule has 1 rings (SSSR count). The Balaban J connectivity index is 3.82. The predicted octanol–water partition coefficient (Wildman–Crippen LogP) is 3.98. The molecule has 11 heteroatoms. The van der Waals surface area contributed by atoms with E-state index in [0.717, 1.165) is 6.07 Å². The third-order valence-electron chi connectivity index (χ3n) is 2.75. The Morgan fingerprint density at radius 2 is 1.57 bits per heavy atom. The van der Waals surface area contributed by atoms with Crippen molar-refractivity contribution in [3.63, 3.8) is 0 Å². The van der Waals surface area contributed by atoms with E-state index in [1.807, 2.05) is 0 Å². The van der Waals surface area contributed by atoms with Crippen molar-refractivity contribution in [1.82, 2.24) is 0 Å². The van der Waals surface area contributed by atoms with Crippen LogP contribution in [-0.4, -0.2) is 22.4 Å². The highest BCUT2D eigenvalue weighted by atomic mass is 79.9. The molecule has 0 aliphatic rings. The van der Waals surface area contributed by atoms with Gasteiger partial charge in [-0.3, -0.25) is 10.1 Å². The summed E-state index contributed by atoms with van der Waals surface area (Å²) in [6.07, 6.45) is -12.2. The molecule has 118 valence electrons. The van der Waals surface area contributed by atoms with Gasteiger partial charge < -0.3 is 5.11 Å². The molecule has 21 heavy (non-hydrogen) atoms. The maximum absolute atomic E-state index is 12.8. The van der Waals surface area contributed by atoms with Gasteiger partial charge in [-0.1, -0.05) is 15.9 Å². The first-order chi connectivity index (χ1) is 9.23. The number of aliphatic hydroxyl groups is 1. The number of nitro groups is 1. The van der Waals surface area contributed by atoms with Gasteiger partial charge in [-0.25, -0.2) is 0 Å². The molecule has 0 aliphatic carbocycles. The molecule has 0 unspecified atom stereocenters. The number of benzene rings is 1. The van der Waals surface area contributed by atoms with E-state index in [1.165, 1.54) is 0 Å². The van der Waals surface area contributed by atoms with Gasteiger partial charge in [0.25, 0.3) is 11.3 Å². The van der Waals surface area contributed by atoms with Gasteiger partial charge in [-0.05, 0) is 13.0 Å². The van der Waals surface area contributed by atoms with Crippen molar-refractivity contribution < 1.29 is 36.4 Å². The van der Waals surface area contributed by atoms with Gasteiger partial charge in [0.05, 0.1) is 4.92 Å². The van der Waals surface area contributed by atoms with Crippen LogP contribution in [0.3, 0.4) is 0 Å². The number of hydrogen-bond donors (Lipinski definition) is 1. The highest BCUT2D eigenvalue weighted by Crippen LogP contribution is 2.52. The molecule has 0 spiro atoms. The Kier molecular flexibility index (Phi) is 4.32. The van der Waals surface area contributed by atoms with E-state index in [2.05, 4.69) is 15.9 Å². The first-order valence-corrected chi connectivity index (χ1v) is 5.83. The maximum Gasteiger partial charge on any atom is 0.430 e. The van der Waals surface area contributed by atoms with E-state index in [0.29, 0.717) is 13.0 Å². The van der Waals surface area contributed by atoms with Gasteiger partial charge in [0.15, 0.2) is 0 Å². The fraction of sp³-hybridized carbons (Fsp3) is 0.400. The highest BCUT2D eigenvalue weighted by molar-refractivity contribution is 9.10. The van der Waals surface area contributed by atoms with Crippen LogP contribution >= 0.6 is 15.9 Å². The SMILES string of the molecule is Cc1c([N+](=O)[O-])cc(Br)cc1C(O)(C(F)(F)F)C(F)(F)F. The lowest BCUT2D eigenvalue weighted by Crippen LogP contribution is -2.54. The Morgan fingerprint density at radius 1 is 1.14 bits per heavy atom. The molecule has 0 saturated heterocycles. The second-order valence-electron chi connectivity index (χ2n) is 4.06. The Morgan fingerprint density at radius 3 is 1.90 bits per heavy atom. The second kappa shape index (κ2) is 5.13. The summed E-state index contributed by atoms with van der Waals surface area (Å²) in [5.41, 5.74) is -8.77. The lowest BCUT2D eigenvalue weighted by Gasteiger charge is -2.33. The van der Waals surface area contributed by atoms with E-state index in [-0.39, 0.29) is 0 Å². The van der Waals surface area contributed by atoms with Gasteiger partial charge in [-0.15, -0.1) is 0 Å². The zero-order chi connectivity index (χ0) is 16.8. The summed E-state index contributed by atoms with van der Waals surface area (Å²) in [7, 11) is 0. The van der Waals surface area contributed by atoms with Crippen LogP contribution in [0.5, 0.6) is 0 Å². The molecule has 1 N–H and O–H groups in total. The van der Waals surface area contributed by atoms with Crippen LogP contribution < -0.4 is 0 Å². The zero-order valence-electron chi connectivity index (χ0n) is 10.0. The highest BCUT2D eigenvalue weighted by Gasteiger charge is 2.72. The largest absolute Gasteiger partial charge is 0.430 e. The second-order valence-corrected chi connectivity index (χ2v) is 4.98. The summed E-state index contributed by atoms with van der Waals surface area (Å²) in [6, 6.07) is 1.09. The minimum atomic E-state index is -6.11. The van der Waals surface area contributed by atoms with Crippen LogP contribution in [0.15, 0.2) is 16.6 Å². The zero-order valence-corrected chi connectivity index (χ0v) is 11.6. The van der Waals surface area contributed by atoms with E-state index < -0.39 is 44.2 Å². The Hall–Kier alpha value is -1.36. The molecule has 1 aromatic rings. The van der Waals surface area contributed by atoms with Crippen molar-refractivity contribution in [3.8, 4) is 0 Å². The standard InChI is InChI=1S/C10H6BrF6NO3/c1-4-6(2-5(11)3-7(4)18(20)21)8(19,9(12,13)14)10(15,16)17/h2-3,19H,1H3. The molecule has 0 aliphatic heterocycles. The fourth-order valence-corrected chi connectivity index (χ4v) is 2.14. The normalized spacial score (nSPS) is 13.4. The molecular weight excluding hydrogens is 376 g/mol. The van der Waals surface area contributed by atoms with Crippen molar-refractivity contribution >= 4 is 21.6 Å². The van der Waals surface area contributed by atoms with E-state index in [1.54, 1.807) is 0 Å². The van der Waals surface area contributed by atoms with E-state index in [4.69, 9.17) is 0 Å². The first-order valence-electron chi connectivity index (χ1n) is 5.04. The van der Waals surface area contributed by atoms with E-state index in [9.17, 15) is 41.6 Å². The number of nitrogens with zero attached hydrogens (tertiary/aromatic N) is 1. The maximum atomic E-state index is 12.8. The number of hydrogen-bond acceptors (Lipinski definition) is 3. The summed E-state index contributed by atoms with van der Waals surface area (Å²) in [4.78, 5) is 9.55. The topological polar surface area (TPSA) is 63.4 Å². The van der Waals surface area contributed by atoms with Crippen molar-refractivity contribution in [2.75, 3.05) is 0 Å². The summed E-state index contributed by atoms with van der Waals surface area (Å²) >= 11 is 2.59. The molecular formula is C10H6BrF6NO3.